The van der Waals surface area contributed by atoms with Crippen molar-refractivity contribution in [2.45, 2.75) is 38.7 Å². The van der Waals surface area contributed by atoms with E-state index in [-0.39, 0.29) is 16.9 Å². The number of nitrogens with one attached hydrogen (secondary N) is 1. The van der Waals surface area contributed by atoms with Crippen molar-refractivity contribution in [3.8, 4) is 0 Å². The van der Waals surface area contributed by atoms with Crippen molar-refractivity contribution >= 4 is 24.6 Å². The minimum atomic E-state index is -2.79. The number of carbonyl (C=O) groups is 1. The van der Waals surface area contributed by atoms with Crippen LogP contribution in [0.2, 0.25) is 5.04 Å². The average molecular weight is 404 g/mol. The second kappa shape index (κ2) is 8.76. The molecule has 0 saturated heterocycles. The van der Waals surface area contributed by atoms with Gasteiger partial charge in [-0.2, -0.15) is 0 Å². The fraction of sp³-hybridized carbons (Fsp3) is 0.240. The molecule has 3 aromatic carbocycles. The summed E-state index contributed by atoms with van der Waals surface area (Å²) in [7, 11) is -2.79. The summed E-state index contributed by atoms with van der Waals surface area (Å²) in [6, 6.07) is 30.3. The van der Waals surface area contributed by atoms with Crippen molar-refractivity contribution in [3.63, 3.8) is 0 Å². The van der Waals surface area contributed by atoms with E-state index < -0.39 is 8.32 Å². The van der Waals surface area contributed by atoms with Crippen LogP contribution < -0.4 is 15.9 Å². The van der Waals surface area contributed by atoms with Crippen LogP contribution in [0.25, 0.3) is 0 Å². The van der Waals surface area contributed by atoms with Crippen LogP contribution in [0.4, 0.5) is 0 Å². The van der Waals surface area contributed by atoms with Crippen molar-refractivity contribution in [3.05, 3.63) is 96.6 Å². The Hall–Kier alpha value is -2.69. The van der Waals surface area contributed by atoms with Gasteiger partial charge in [0.1, 0.15) is 0 Å². The highest BCUT2D eigenvalue weighted by Gasteiger charge is 2.51. The van der Waals surface area contributed by atoms with Crippen LogP contribution >= 0.6 is 0 Å². The molecule has 29 heavy (non-hydrogen) atoms. The third-order valence-electron chi connectivity index (χ3n) is 5.41. The zero-order chi connectivity index (χ0) is 20.9. The van der Waals surface area contributed by atoms with E-state index in [1.165, 1.54) is 0 Å². The van der Waals surface area contributed by atoms with Gasteiger partial charge in [-0.15, -0.1) is 0 Å². The highest BCUT2D eigenvalue weighted by atomic mass is 28.4. The largest absolute Gasteiger partial charge is 0.308 e. The van der Waals surface area contributed by atoms with Crippen LogP contribution in [0, 0.1) is 0 Å². The summed E-state index contributed by atoms with van der Waals surface area (Å²) in [5.41, 5.74) is 3.82. The van der Waals surface area contributed by atoms with Crippen molar-refractivity contribution in [1.29, 1.82) is 0 Å². The zero-order valence-electron chi connectivity index (χ0n) is 17.6. The van der Waals surface area contributed by atoms with Gasteiger partial charge in [0.25, 0.3) is 8.32 Å². The fourth-order valence-electron chi connectivity index (χ4n) is 3.76. The first-order valence-electron chi connectivity index (χ1n) is 10.00. The molecule has 150 valence electrons. The summed E-state index contributed by atoms with van der Waals surface area (Å²) >= 11 is 0. The Labute approximate surface area is 174 Å². The molecule has 4 heteroatoms. The standard InChI is InChI=1S/C25H29NO2Si/c1-20(21-14-8-5-9-15-21)24(27)26-28-29(25(2,3)4,22-16-10-6-11-17-22)23-18-12-7-13-19-23/h5-20H,1-4H3,(H,26,27). The van der Waals surface area contributed by atoms with Crippen LogP contribution in [0.5, 0.6) is 0 Å². The molecule has 1 atom stereocenters. The summed E-state index contributed by atoms with van der Waals surface area (Å²) in [6.45, 7) is 8.46. The summed E-state index contributed by atoms with van der Waals surface area (Å²) in [4.78, 5) is 13.0. The lowest BCUT2D eigenvalue weighted by Crippen LogP contribution is -2.68. The first-order chi connectivity index (χ1) is 13.9. The highest BCUT2D eigenvalue weighted by Crippen LogP contribution is 2.36. The van der Waals surface area contributed by atoms with E-state index in [0.29, 0.717) is 0 Å². The highest BCUT2D eigenvalue weighted by molar-refractivity contribution is 6.99. The van der Waals surface area contributed by atoms with Gasteiger partial charge in [-0.25, -0.2) is 5.48 Å². The lowest BCUT2D eigenvalue weighted by atomic mass is 10.0. The van der Waals surface area contributed by atoms with Gasteiger partial charge in [-0.05, 0) is 27.9 Å². The Morgan fingerprint density at radius 2 is 1.21 bits per heavy atom. The maximum Gasteiger partial charge on any atom is 0.295 e. The SMILES string of the molecule is CC(C(=O)NO[Si](c1ccccc1)(c1ccccc1)C(C)(C)C)c1ccccc1. The van der Waals surface area contributed by atoms with Crippen LogP contribution in [-0.2, 0) is 9.32 Å². The second-order valence-electron chi connectivity index (χ2n) is 8.36. The van der Waals surface area contributed by atoms with E-state index in [4.69, 9.17) is 4.53 Å². The minimum absolute atomic E-state index is 0.135. The molecule has 3 aromatic rings. The molecule has 1 N–H and O–H groups in total. The van der Waals surface area contributed by atoms with Crippen LogP contribution in [-0.4, -0.2) is 14.2 Å². The minimum Gasteiger partial charge on any atom is -0.308 e. The van der Waals surface area contributed by atoms with Crippen molar-refractivity contribution in [2.24, 2.45) is 0 Å². The number of hydrogen-bond acceptors (Lipinski definition) is 2. The van der Waals surface area contributed by atoms with Gasteiger partial charge in [0.15, 0.2) is 0 Å². The normalized spacial score (nSPS) is 13.0. The molecule has 0 aliphatic carbocycles. The zero-order valence-corrected chi connectivity index (χ0v) is 18.6. The first kappa shape index (κ1) is 21.0. The molecule has 3 nitrogen and oxygen atoms in total. The molecule has 0 radical (unpaired) electrons. The molecular formula is C25H29NO2Si. The monoisotopic (exact) mass is 403 g/mol. The molecule has 0 bridgehead atoms. The molecule has 0 fully saturated rings. The van der Waals surface area contributed by atoms with Crippen molar-refractivity contribution in [2.75, 3.05) is 0 Å². The number of hydrogen-bond donors (Lipinski definition) is 1. The fourth-order valence-corrected chi connectivity index (χ4v) is 7.94. The summed E-state index contributed by atoms with van der Waals surface area (Å²) in [5, 5.41) is 2.07. The second-order valence-corrected chi connectivity index (χ2v) is 12.6. The maximum atomic E-state index is 13.0. The van der Waals surface area contributed by atoms with Crippen molar-refractivity contribution < 1.29 is 9.32 Å². The molecule has 0 aromatic heterocycles. The Bertz CT molecular complexity index is 882. The Balaban J connectivity index is 1.99. The van der Waals surface area contributed by atoms with Gasteiger partial charge in [-0.1, -0.05) is 112 Å². The quantitative estimate of drug-likeness (QED) is 0.489. The Morgan fingerprint density at radius 1 is 0.793 bits per heavy atom. The first-order valence-corrected chi connectivity index (χ1v) is 11.9. The molecule has 0 spiro atoms. The molecular weight excluding hydrogens is 374 g/mol. The van der Waals surface area contributed by atoms with Crippen molar-refractivity contribution in [1.82, 2.24) is 5.48 Å². The topological polar surface area (TPSA) is 38.3 Å². The van der Waals surface area contributed by atoms with Gasteiger partial charge in [0.2, 0.25) is 5.91 Å². The third kappa shape index (κ3) is 4.34. The van der Waals surface area contributed by atoms with Gasteiger partial charge < -0.3 is 4.53 Å². The average Bonchev–Trinajstić information content (AvgIpc) is 2.74. The van der Waals surface area contributed by atoms with Gasteiger partial charge in [0.05, 0.1) is 5.92 Å². The van der Waals surface area contributed by atoms with E-state index in [1.54, 1.807) is 0 Å². The summed E-state index contributed by atoms with van der Waals surface area (Å²) < 4.78 is 6.51. The number of carbonyl (C=O) groups excluding carboxylic acids is 1. The van der Waals surface area contributed by atoms with E-state index >= 15 is 0 Å². The predicted molar refractivity (Wildman–Crippen MR) is 122 cm³/mol. The molecule has 1 unspecified atom stereocenters. The number of hydroxylamine groups is 1. The van der Waals surface area contributed by atoms with Crippen LogP contribution in [0.15, 0.2) is 91.0 Å². The molecule has 1 amide bonds. The van der Waals surface area contributed by atoms with Crippen LogP contribution in [0.3, 0.4) is 0 Å². The van der Waals surface area contributed by atoms with Gasteiger partial charge >= 0.3 is 0 Å². The Kier molecular flexibility index (Phi) is 6.35. The third-order valence-corrected chi connectivity index (χ3v) is 10.2. The smallest absolute Gasteiger partial charge is 0.295 e. The lowest BCUT2D eigenvalue weighted by Gasteiger charge is -2.42. The van der Waals surface area contributed by atoms with Gasteiger partial charge in [-0.3, -0.25) is 4.79 Å². The lowest BCUT2D eigenvalue weighted by molar-refractivity contribution is -0.129. The number of amides is 1. The van der Waals surface area contributed by atoms with E-state index in [9.17, 15) is 4.79 Å². The van der Waals surface area contributed by atoms with Crippen LogP contribution in [0.1, 0.15) is 39.2 Å². The number of benzene rings is 3. The molecule has 0 saturated carbocycles. The molecule has 3 rings (SSSR count). The summed E-state index contributed by atoms with van der Waals surface area (Å²) in [6.07, 6.45) is 0. The number of rotatable bonds is 6. The molecule has 0 heterocycles. The summed E-state index contributed by atoms with van der Waals surface area (Å²) in [5.74, 6) is -0.432. The maximum absolute atomic E-state index is 13.0. The molecule has 0 aliphatic heterocycles. The molecule has 0 aliphatic rings. The van der Waals surface area contributed by atoms with E-state index in [1.807, 2.05) is 73.7 Å². The van der Waals surface area contributed by atoms with Gasteiger partial charge in [0, 0.05) is 0 Å². The van der Waals surface area contributed by atoms with E-state index in [0.717, 1.165) is 15.9 Å². The van der Waals surface area contributed by atoms with E-state index in [2.05, 4.69) is 50.5 Å². The Morgan fingerprint density at radius 3 is 1.62 bits per heavy atom. The predicted octanol–water partition coefficient (Wildman–Crippen LogP) is 4.40.